The molecular formula is C14H12BrFN2O. The van der Waals surface area contributed by atoms with E-state index in [0.29, 0.717) is 22.3 Å². The summed E-state index contributed by atoms with van der Waals surface area (Å²) in [6.07, 6.45) is 0. The first-order chi connectivity index (χ1) is 9.10. The van der Waals surface area contributed by atoms with Crippen LogP contribution in [0.4, 0.5) is 10.1 Å². The number of carbonyl (C=O) groups excluding carboxylic acids is 1. The van der Waals surface area contributed by atoms with Gasteiger partial charge in [-0.3, -0.25) is 4.79 Å². The normalized spacial score (nSPS) is 10.3. The first-order valence-corrected chi connectivity index (χ1v) is 6.45. The number of halogens is 2. The van der Waals surface area contributed by atoms with Gasteiger partial charge in [0, 0.05) is 16.6 Å². The number of nitrogens with two attached hydrogens (primary N) is 1. The molecule has 0 aliphatic heterocycles. The Bertz CT molecular complexity index is 599. The van der Waals surface area contributed by atoms with Gasteiger partial charge in [0.2, 0.25) is 0 Å². The smallest absolute Gasteiger partial charge is 0.255 e. The summed E-state index contributed by atoms with van der Waals surface area (Å²) in [6, 6.07) is 11.1. The highest BCUT2D eigenvalue weighted by Crippen LogP contribution is 2.23. The van der Waals surface area contributed by atoms with Gasteiger partial charge in [-0.15, -0.1) is 0 Å². The molecule has 0 spiro atoms. The lowest BCUT2D eigenvalue weighted by Gasteiger charge is -2.08. The first kappa shape index (κ1) is 13.7. The molecule has 98 valence electrons. The molecule has 3 N–H and O–H groups in total. The molecule has 2 aromatic carbocycles. The summed E-state index contributed by atoms with van der Waals surface area (Å²) < 4.78 is 13.4. The Hall–Kier alpha value is -1.72. The van der Waals surface area contributed by atoms with Gasteiger partial charge in [-0.2, -0.15) is 0 Å². The minimum atomic E-state index is -0.364. The number of benzene rings is 2. The summed E-state index contributed by atoms with van der Waals surface area (Å²) in [6.45, 7) is 0.436. The molecule has 0 saturated heterocycles. The maximum absolute atomic E-state index is 12.9. The minimum absolute atomic E-state index is 0.254. The third-order valence-electron chi connectivity index (χ3n) is 2.63. The van der Waals surface area contributed by atoms with Crippen molar-refractivity contribution in [1.29, 1.82) is 0 Å². The lowest BCUT2D eigenvalue weighted by molar-refractivity contribution is 0.102. The molecule has 0 atom stereocenters. The molecule has 1 amide bonds. The van der Waals surface area contributed by atoms with Gasteiger partial charge in [-0.25, -0.2) is 4.39 Å². The van der Waals surface area contributed by atoms with Gasteiger partial charge in [-0.1, -0.05) is 12.1 Å². The van der Waals surface area contributed by atoms with Crippen LogP contribution < -0.4 is 11.1 Å². The zero-order chi connectivity index (χ0) is 13.8. The number of rotatable bonds is 3. The molecular weight excluding hydrogens is 311 g/mol. The molecule has 0 bridgehead atoms. The predicted octanol–water partition coefficient (Wildman–Crippen LogP) is 3.30. The van der Waals surface area contributed by atoms with E-state index < -0.39 is 0 Å². The molecule has 0 saturated carbocycles. The van der Waals surface area contributed by atoms with E-state index in [0.717, 1.165) is 5.56 Å². The quantitative estimate of drug-likeness (QED) is 0.911. The fourth-order valence-corrected chi connectivity index (χ4v) is 2.03. The summed E-state index contributed by atoms with van der Waals surface area (Å²) in [5.41, 5.74) is 7.49. The fraction of sp³-hybridized carbons (Fsp3) is 0.0714. The largest absolute Gasteiger partial charge is 0.326 e. The molecule has 0 unspecified atom stereocenters. The SMILES string of the molecule is NCc1ccc(C(=O)Nc2ccc(F)cc2Br)cc1. The van der Waals surface area contributed by atoms with Crippen molar-refractivity contribution >= 4 is 27.5 Å². The van der Waals surface area contributed by atoms with E-state index in [-0.39, 0.29) is 11.7 Å². The maximum Gasteiger partial charge on any atom is 0.255 e. The Labute approximate surface area is 118 Å². The second-order valence-electron chi connectivity index (χ2n) is 3.98. The third-order valence-corrected chi connectivity index (χ3v) is 3.29. The van der Waals surface area contributed by atoms with Gasteiger partial charge < -0.3 is 11.1 Å². The van der Waals surface area contributed by atoms with E-state index in [9.17, 15) is 9.18 Å². The van der Waals surface area contributed by atoms with Gasteiger partial charge in [0.1, 0.15) is 5.82 Å². The lowest BCUT2D eigenvalue weighted by atomic mass is 10.1. The van der Waals surface area contributed by atoms with Crippen LogP contribution in [0.25, 0.3) is 0 Å². The summed E-state index contributed by atoms with van der Waals surface area (Å²) in [7, 11) is 0. The van der Waals surface area contributed by atoms with Crippen LogP contribution in [0.5, 0.6) is 0 Å². The van der Waals surface area contributed by atoms with Gasteiger partial charge in [0.05, 0.1) is 5.69 Å². The number of hydrogen-bond donors (Lipinski definition) is 2. The molecule has 0 radical (unpaired) electrons. The average molecular weight is 323 g/mol. The molecule has 2 rings (SSSR count). The number of nitrogens with one attached hydrogen (secondary N) is 1. The predicted molar refractivity (Wildman–Crippen MR) is 76.4 cm³/mol. The van der Waals surface area contributed by atoms with Crippen molar-refractivity contribution in [3.05, 3.63) is 63.9 Å². The summed E-state index contributed by atoms with van der Waals surface area (Å²) in [5.74, 6) is -0.618. The van der Waals surface area contributed by atoms with Gasteiger partial charge in [-0.05, 0) is 51.8 Å². The molecule has 19 heavy (non-hydrogen) atoms. The zero-order valence-corrected chi connectivity index (χ0v) is 11.6. The number of carbonyl (C=O) groups is 1. The Morgan fingerprint density at radius 3 is 2.47 bits per heavy atom. The van der Waals surface area contributed by atoms with E-state index in [2.05, 4.69) is 21.2 Å². The second-order valence-corrected chi connectivity index (χ2v) is 4.83. The van der Waals surface area contributed by atoms with Crippen molar-refractivity contribution in [1.82, 2.24) is 0 Å². The number of anilines is 1. The average Bonchev–Trinajstić information content (AvgIpc) is 2.42. The van der Waals surface area contributed by atoms with Crippen LogP contribution >= 0.6 is 15.9 Å². The Balaban J connectivity index is 2.15. The highest BCUT2D eigenvalue weighted by molar-refractivity contribution is 9.10. The van der Waals surface area contributed by atoms with Crippen LogP contribution in [0, 0.1) is 5.82 Å². The third kappa shape index (κ3) is 3.39. The summed E-state index contributed by atoms with van der Waals surface area (Å²) in [5, 5.41) is 2.71. The van der Waals surface area contributed by atoms with Crippen molar-refractivity contribution in [2.75, 3.05) is 5.32 Å². The molecule has 0 aliphatic carbocycles. The minimum Gasteiger partial charge on any atom is -0.326 e. The standard InChI is InChI=1S/C14H12BrFN2O/c15-12-7-11(16)5-6-13(12)18-14(19)10-3-1-9(8-17)2-4-10/h1-7H,8,17H2,(H,18,19). The first-order valence-electron chi connectivity index (χ1n) is 5.65. The number of amides is 1. The monoisotopic (exact) mass is 322 g/mol. The highest BCUT2D eigenvalue weighted by Gasteiger charge is 2.08. The maximum atomic E-state index is 12.9. The van der Waals surface area contributed by atoms with E-state index in [1.807, 2.05) is 0 Å². The highest BCUT2D eigenvalue weighted by atomic mass is 79.9. The number of hydrogen-bond acceptors (Lipinski definition) is 2. The second kappa shape index (κ2) is 5.95. The molecule has 2 aromatic rings. The van der Waals surface area contributed by atoms with E-state index in [4.69, 9.17) is 5.73 Å². The van der Waals surface area contributed by atoms with Crippen molar-refractivity contribution in [3.8, 4) is 0 Å². The molecule has 0 fully saturated rings. The van der Waals surface area contributed by atoms with Crippen molar-refractivity contribution < 1.29 is 9.18 Å². The fourth-order valence-electron chi connectivity index (χ4n) is 1.58. The Kier molecular flexibility index (Phi) is 4.29. The molecule has 0 aliphatic rings. The van der Waals surface area contributed by atoms with Crippen LogP contribution in [0.3, 0.4) is 0 Å². The van der Waals surface area contributed by atoms with Crippen molar-refractivity contribution in [2.45, 2.75) is 6.54 Å². The summed E-state index contributed by atoms with van der Waals surface area (Å²) >= 11 is 3.20. The van der Waals surface area contributed by atoms with E-state index in [1.165, 1.54) is 18.2 Å². The van der Waals surface area contributed by atoms with E-state index >= 15 is 0 Å². The van der Waals surface area contributed by atoms with Crippen LogP contribution in [0.2, 0.25) is 0 Å². The molecule has 5 heteroatoms. The van der Waals surface area contributed by atoms with Gasteiger partial charge in [0.25, 0.3) is 5.91 Å². The zero-order valence-electron chi connectivity index (χ0n) is 9.99. The molecule has 0 heterocycles. The Morgan fingerprint density at radius 1 is 1.21 bits per heavy atom. The topological polar surface area (TPSA) is 55.1 Å². The van der Waals surface area contributed by atoms with Crippen LogP contribution in [0.1, 0.15) is 15.9 Å². The summed E-state index contributed by atoms with van der Waals surface area (Å²) in [4.78, 5) is 12.0. The van der Waals surface area contributed by atoms with Gasteiger partial charge >= 0.3 is 0 Å². The van der Waals surface area contributed by atoms with Gasteiger partial charge in [0.15, 0.2) is 0 Å². The van der Waals surface area contributed by atoms with Crippen LogP contribution in [0.15, 0.2) is 46.9 Å². The molecule has 3 nitrogen and oxygen atoms in total. The van der Waals surface area contributed by atoms with Crippen LogP contribution in [-0.2, 0) is 6.54 Å². The lowest BCUT2D eigenvalue weighted by Crippen LogP contribution is -2.12. The van der Waals surface area contributed by atoms with Crippen LogP contribution in [-0.4, -0.2) is 5.91 Å². The van der Waals surface area contributed by atoms with Crippen molar-refractivity contribution in [2.24, 2.45) is 5.73 Å². The molecule has 0 aromatic heterocycles. The Morgan fingerprint density at radius 2 is 1.89 bits per heavy atom. The van der Waals surface area contributed by atoms with E-state index in [1.54, 1.807) is 24.3 Å². The van der Waals surface area contributed by atoms with Crippen molar-refractivity contribution in [3.63, 3.8) is 0 Å².